The molecule has 0 aliphatic rings. The molecule has 1 atom stereocenters. The molecule has 1 aromatic carbocycles. The summed E-state index contributed by atoms with van der Waals surface area (Å²) in [5.74, 6) is 2.06. The van der Waals surface area contributed by atoms with E-state index in [1.807, 2.05) is 30.0 Å². The highest BCUT2D eigenvalue weighted by Gasteiger charge is 2.04. The molecule has 0 amide bonds. The number of H-pyrrole nitrogens is 1. The van der Waals surface area contributed by atoms with Crippen LogP contribution in [0.5, 0.6) is 0 Å². The van der Waals surface area contributed by atoms with Crippen molar-refractivity contribution in [2.24, 2.45) is 0 Å². The van der Waals surface area contributed by atoms with E-state index in [0.29, 0.717) is 5.25 Å². The number of para-hydroxylation sites is 2. The maximum atomic E-state index is 4.54. The molecule has 0 saturated carbocycles. The van der Waals surface area contributed by atoms with Crippen LogP contribution in [0.25, 0.3) is 11.0 Å². The van der Waals surface area contributed by atoms with Crippen molar-refractivity contribution in [1.82, 2.24) is 9.97 Å². The lowest BCUT2D eigenvalue weighted by molar-refractivity contribution is 0.903. The van der Waals surface area contributed by atoms with Crippen molar-refractivity contribution >= 4 is 22.8 Å². The average Bonchev–Trinajstić information content (AvgIpc) is 2.68. The lowest BCUT2D eigenvalue weighted by Crippen LogP contribution is -1.94. The maximum absolute atomic E-state index is 4.54. The Balaban J connectivity index is 2.09. The minimum Gasteiger partial charge on any atom is -0.341 e. The van der Waals surface area contributed by atoms with Gasteiger partial charge in [0.15, 0.2) is 0 Å². The van der Waals surface area contributed by atoms with Crippen LogP contribution < -0.4 is 0 Å². The van der Waals surface area contributed by atoms with Gasteiger partial charge < -0.3 is 4.98 Å². The number of nitrogens with one attached hydrogen (secondary N) is 1. The largest absolute Gasteiger partial charge is 0.341 e. The van der Waals surface area contributed by atoms with E-state index in [9.17, 15) is 0 Å². The summed E-state index contributed by atoms with van der Waals surface area (Å²) in [5.41, 5.74) is 2.20. The van der Waals surface area contributed by atoms with Crippen molar-refractivity contribution in [1.29, 1.82) is 0 Å². The van der Waals surface area contributed by atoms with Gasteiger partial charge in [-0.15, -0.1) is 0 Å². The van der Waals surface area contributed by atoms with Crippen LogP contribution in [0.2, 0.25) is 0 Å². The van der Waals surface area contributed by atoms with Crippen molar-refractivity contribution in [3.63, 3.8) is 0 Å². The fraction of sp³-hybridized carbons (Fsp3) is 0.417. The van der Waals surface area contributed by atoms with E-state index in [1.165, 1.54) is 6.42 Å². The number of aromatic nitrogens is 2. The quantitative estimate of drug-likeness (QED) is 0.853. The zero-order valence-corrected chi connectivity index (χ0v) is 9.97. The van der Waals surface area contributed by atoms with Crippen LogP contribution in [0, 0.1) is 0 Å². The van der Waals surface area contributed by atoms with Gasteiger partial charge in [-0.2, -0.15) is 11.8 Å². The molecule has 0 bridgehead atoms. The number of rotatable bonds is 4. The highest BCUT2D eigenvalue weighted by Crippen LogP contribution is 2.19. The first-order chi connectivity index (χ1) is 7.29. The van der Waals surface area contributed by atoms with Crippen molar-refractivity contribution in [3.8, 4) is 0 Å². The van der Waals surface area contributed by atoms with Gasteiger partial charge in [-0.05, 0) is 18.6 Å². The summed E-state index contributed by atoms with van der Waals surface area (Å²) in [7, 11) is 0. The van der Waals surface area contributed by atoms with Crippen LogP contribution >= 0.6 is 11.8 Å². The Morgan fingerprint density at radius 2 is 2.20 bits per heavy atom. The molecule has 0 fully saturated rings. The van der Waals surface area contributed by atoms with Gasteiger partial charge >= 0.3 is 0 Å². The molecule has 3 heteroatoms. The first-order valence-corrected chi connectivity index (χ1v) is 6.39. The van der Waals surface area contributed by atoms with Gasteiger partial charge in [0, 0.05) is 5.25 Å². The highest BCUT2D eigenvalue weighted by atomic mass is 32.2. The molecule has 15 heavy (non-hydrogen) atoms. The molecule has 2 aromatic rings. The van der Waals surface area contributed by atoms with Gasteiger partial charge in [0.2, 0.25) is 0 Å². The third kappa shape index (κ3) is 2.53. The summed E-state index contributed by atoms with van der Waals surface area (Å²) in [6.07, 6.45) is 1.21. The molecule has 0 saturated heterocycles. The Hall–Kier alpha value is -0.960. The summed E-state index contributed by atoms with van der Waals surface area (Å²) >= 11 is 1.95. The number of hydrogen-bond acceptors (Lipinski definition) is 2. The summed E-state index contributed by atoms with van der Waals surface area (Å²) < 4.78 is 0. The molecule has 0 unspecified atom stereocenters. The number of benzene rings is 1. The van der Waals surface area contributed by atoms with Gasteiger partial charge in [0.1, 0.15) is 5.82 Å². The zero-order chi connectivity index (χ0) is 10.7. The fourth-order valence-electron chi connectivity index (χ4n) is 1.41. The number of hydrogen-bond donors (Lipinski definition) is 1. The molecule has 2 nitrogen and oxygen atoms in total. The van der Waals surface area contributed by atoms with Gasteiger partial charge in [0.05, 0.1) is 16.8 Å². The number of nitrogens with zero attached hydrogens (tertiary/aromatic N) is 1. The Morgan fingerprint density at radius 1 is 1.40 bits per heavy atom. The molecule has 1 heterocycles. The number of imidazole rings is 1. The monoisotopic (exact) mass is 220 g/mol. The fourth-order valence-corrected chi connectivity index (χ4v) is 2.23. The van der Waals surface area contributed by atoms with E-state index < -0.39 is 0 Å². The van der Waals surface area contributed by atoms with E-state index >= 15 is 0 Å². The summed E-state index contributed by atoms with van der Waals surface area (Å²) in [6.45, 7) is 4.48. The maximum Gasteiger partial charge on any atom is 0.117 e. The molecule has 2 rings (SSSR count). The predicted molar refractivity (Wildman–Crippen MR) is 67.1 cm³/mol. The highest BCUT2D eigenvalue weighted by molar-refractivity contribution is 7.99. The topological polar surface area (TPSA) is 28.7 Å². The van der Waals surface area contributed by atoms with E-state index in [0.717, 1.165) is 22.6 Å². The van der Waals surface area contributed by atoms with Crippen LogP contribution in [0.4, 0.5) is 0 Å². The van der Waals surface area contributed by atoms with E-state index in [2.05, 4.69) is 29.9 Å². The Kier molecular flexibility index (Phi) is 3.31. The minimum absolute atomic E-state index is 0.707. The normalized spacial score (nSPS) is 13.2. The van der Waals surface area contributed by atoms with E-state index in [4.69, 9.17) is 0 Å². The second-order valence-electron chi connectivity index (χ2n) is 3.73. The summed E-state index contributed by atoms with van der Waals surface area (Å²) in [5, 5.41) is 0.707. The minimum atomic E-state index is 0.707. The summed E-state index contributed by atoms with van der Waals surface area (Å²) in [4.78, 5) is 7.89. The smallest absolute Gasteiger partial charge is 0.117 e. The number of thioether (sulfide) groups is 1. The van der Waals surface area contributed by atoms with Crippen molar-refractivity contribution in [3.05, 3.63) is 30.1 Å². The third-order valence-electron chi connectivity index (χ3n) is 2.52. The third-order valence-corrected chi connectivity index (χ3v) is 3.86. The van der Waals surface area contributed by atoms with Crippen LogP contribution in [-0.2, 0) is 5.75 Å². The van der Waals surface area contributed by atoms with Gasteiger partial charge in [-0.3, -0.25) is 0 Å². The number of fused-ring (bicyclic) bond motifs is 1. The number of aromatic amines is 1. The van der Waals surface area contributed by atoms with Crippen molar-refractivity contribution in [2.45, 2.75) is 31.3 Å². The molecule has 1 N–H and O–H groups in total. The first-order valence-electron chi connectivity index (χ1n) is 5.35. The second-order valence-corrected chi connectivity index (χ2v) is 5.16. The molecule has 0 radical (unpaired) electrons. The lowest BCUT2D eigenvalue weighted by Gasteiger charge is -2.05. The predicted octanol–water partition coefficient (Wildman–Crippen LogP) is 3.59. The van der Waals surface area contributed by atoms with Gasteiger partial charge in [-0.25, -0.2) is 4.98 Å². The van der Waals surface area contributed by atoms with Crippen molar-refractivity contribution < 1.29 is 0 Å². The molecule has 0 aliphatic carbocycles. The van der Waals surface area contributed by atoms with Crippen molar-refractivity contribution in [2.75, 3.05) is 0 Å². The first kappa shape index (κ1) is 10.6. The Morgan fingerprint density at radius 3 is 2.93 bits per heavy atom. The molecule has 1 aromatic heterocycles. The SMILES string of the molecule is CC[C@@H](C)SCc1nc2ccccc2[nH]1. The van der Waals surface area contributed by atoms with Gasteiger partial charge in [0.25, 0.3) is 0 Å². The molecular weight excluding hydrogens is 204 g/mol. The second kappa shape index (κ2) is 4.71. The lowest BCUT2D eigenvalue weighted by atomic mass is 10.3. The standard InChI is InChI=1S/C12H16N2S/c1-3-9(2)15-8-12-13-10-6-4-5-7-11(10)14-12/h4-7,9H,3,8H2,1-2H3,(H,13,14)/t9-/m1/s1. The molecule has 0 spiro atoms. The van der Waals surface area contributed by atoms with Crippen LogP contribution in [0.1, 0.15) is 26.1 Å². The van der Waals surface area contributed by atoms with E-state index in [1.54, 1.807) is 0 Å². The van der Waals surface area contributed by atoms with E-state index in [-0.39, 0.29) is 0 Å². The van der Waals surface area contributed by atoms with Crippen LogP contribution in [0.15, 0.2) is 24.3 Å². The Labute approximate surface area is 94.5 Å². The zero-order valence-electron chi connectivity index (χ0n) is 9.16. The van der Waals surface area contributed by atoms with Crippen LogP contribution in [-0.4, -0.2) is 15.2 Å². The van der Waals surface area contributed by atoms with Gasteiger partial charge in [-0.1, -0.05) is 26.0 Å². The van der Waals surface area contributed by atoms with Crippen LogP contribution in [0.3, 0.4) is 0 Å². The summed E-state index contributed by atoms with van der Waals surface area (Å²) in [6, 6.07) is 8.17. The molecular formula is C12H16N2S. The molecule has 0 aliphatic heterocycles. The average molecular weight is 220 g/mol. The Bertz CT molecular complexity index is 403. The molecule has 80 valence electrons.